The summed E-state index contributed by atoms with van der Waals surface area (Å²) in [5.41, 5.74) is 0. The van der Waals surface area contributed by atoms with Crippen LogP contribution in [0.25, 0.3) is 0 Å². The zero-order chi connectivity index (χ0) is 44.4. The lowest BCUT2D eigenvalue weighted by atomic mass is 9.85. The summed E-state index contributed by atoms with van der Waals surface area (Å²) in [5, 5.41) is 74.3. The number of allylic oxidation sites excluding steroid dienone is 3. The number of carbonyl (C=O) groups is 1. The fourth-order valence-electron chi connectivity index (χ4n) is 7.59. The first-order valence-corrected chi connectivity index (χ1v) is 25.4. The van der Waals surface area contributed by atoms with Crippen molar-refractivity contribution in [2.45, 2.75) is 255 Å². The first-order chi connectivity index (χ1) is 28.8. The van der Waals surface area contributed by atoms with Gasteiger partial charge in [-0.3, -0.25) is 13.8 Å². The molecule has 14 heteroatoms. The lowest BCUT2D eigenvalue weighted by Gasteiger charge is -2.41. The minimum absolute atomic E-state index is 0.249. The van der Waals surface area contributed by atoms with E-state index < -0.39 is 75.2 Å². The zero-order valence-corrected chi connectivity index (χ0v) is 38.3. The molecule has 1 fully saturated rings. The van der Waals surface area contributed by atoms with E-state index in [-0.39, 0.29) is 6.42 Å². The van der Waals surface area contributed by atoms with E-state index in [0.717, 1.165) is 64.2 Å². The second kappa shape index (κ2) is 36.2. The van der Waals surface area contributed by atoms with Crippen molar-refractivity contribution in [2.24, 2.45) is 0 Å². The Morgan fingerprint density at radius 3 is 1.42 bits per heavy atom. The highest BCUT2D eigenvalue weighted by Crippen LogP contribution is 2.47. The lowest BCUT2D eigenvalue weighted by molar-refractivity contribution is -0.220. The molecule has 0 aromatic rings. The van der Waals surface area contributed by atoms with Gasteiger partial charge in [0.05, 0.1) is 31.3 Å². The van der Waals surface area contributed by atoms with Crippen LogP contribution in [-0.4, -0.2) is 108 Å². The number of aliphatic hydroxyl groups is 7. The van der Waals surface area contributed by atoms with Crippen LogP contribution in [0, 0.1) is 0 Å². The van der Waals surface area contributed by atoms with Crippen LogP contribution in [0.3, 0.4) is 0 Å². The molecule has 1 aliphatic rings. The summed E-state index contributed by atoms with van der Waals surface area (Å²) in [6, 6.07) is -1.24. The monoisotopic (exact) mass is 878 g/mol. The predicted molar refractivity (Wildman–Crippen MR) is 238 cm³/mol. The van der Waals surface area contributed by atoms with Gasteiger partial charge in [0.2, 0.25) is 5.91 Å². The maximum Gasteiger partial charge on any atom is 0.472 e. The van der Waals surface area contributed by atoms with Gasteiger partial charge >= 0.3 is 7.82 Å². The molecule has 0 aromatic carbocycles. The van der Waals surface area contributed by atoms with E-state index in [1.807, 2.05) is 0 Å². The first-order valence-electron chi connectivity index (χ1n) is 23.9. The van der Waals surface area contributed by atoms with Crippen LogP contribution in [0.15, 0.2) is 24.3 Å². The van der Waals surface area contributed by atoms with Crippen molar-refractivity contribution in [3.63, 3.8) is 0 Å². The number of amides is 1. The quantitative estimate of drug-likeness (QED) is 0.0163. The van der Waals surface area contributed by atoms with Crippen molar-refractivity contribution in [1.82, 2.24) is 5.32 Å². The number of nitrogens with one attached hydrogen (secondary N) is 1. The van der Waals surface area contributed by atoms with Crippen LogP contribution in [0.4, 0.5) is 0 Å². The van der Waals surface area contributed by atoms with Gasteiger partial charge in [0.15, 0.2) is 0 Å². The first kappa shape index (κ1) is 56.8. The summed E-state index contributed by atoms with van der Waals surface area (Å²) in [6.45, 7) is 3.70. The Morgan fingerprint density at radius 2 is 0.967 bits per heavy atom. The van der Waals surface area contributed by atoms with Gasteiger partial charge in [-0.15, -0.1) is 0 Å². The van der Waals surface area contributed by atoms with Gasteiger partial charge in [0, 0.05) is 0 Å². The van der Waals surface area contributed by atoms with Crippen molar-refractivity contribution < 1.29 is 59.0 Å². The van der Waals surface area contributed by atoms with Crippen molar-refractivity contribution in [1.29, 1.82) is 0 Å². The van der Waals surface area contributed by atoms with Crippen molar-refractivity contribution in [2.75, 3.05) is 6.61 Å². The third-order valence-corrected chi connectivity index (χ3v) is 12.5. The highest BCUT2D eigenvalue weighted by molar-refractivity contribution is 7.47. The normalized spacial score (nSPS) is 23.6. The van der Waals surface area contributed by atoms with Crippen molar-refractivity contribution in [3.8, 4) is 0 Å². The standard InChI is InChI=1S/C46H88NO12P/c1-3-5-7-9-11-13-14-15-16-17-18-19-20-21-22-23-24-26-27-29-31-33-37(48)35-40(50)47-38(39(49)34-32-30-28-25-12-10-8-6-4-2)36-58-60(56,57)59-46-44(54)42(52)41(51)43(53)45(46)55/h21-22,32,34,37-39,41-46,48-49,51-55H,3-20,23-31,33,35-36H2,1-2H3,(H,47,50)(H,56,57)/b22-21-,34-32+. The molecule has 0 spiro atoms. The second-order valence-corrected chi connectivity index (χ2v) is 18.5. The van der Waals surface area contributed by atoms with Gasteiger partial charge < -0.3 is 46.0 Å². The smallest absolute Gasteiger partial charge is 0.393 e. The molecule has 60 heavy (non-hydrogen) atoms. The van der Waals surface area contributed by atoms with Gasteiger partial charge in [-0.1, -0.05) is 173 Å². The Labute approximate surface area is 363 Å². The van der Waals surface area contributed by atoms with Crippen molar-refractivity contribution in [3.05, 3.63) is 24.3 Å². The fraction of sp³-hybridized carbons (Fsp3) is 0.891. The van der Waals surface area contributed by atoms with E-state index in [1.54, 1.807) is 6.08 Å². The molecule has 1 amide bonds. The van der Waals surface area contributed by atoms with E-state index >= 15 is 0 Å². The molecule has 0 radical (unpaired) electrons. The SMILES string of the molecule is CCCCCCCCC/C=C/C(O)C(COP(=O)(O)OC1C(O)C(O)C(O)C(O)C1O)NC(=O)CC(O)CCCCCCC/C=C\CCCCCCCCCCCCCC. The maximum absolute atomic E-state index is 13.0. The number of hydrogen-bond donors (Lipinski definition) is 9. The van der Waals surface area contributed by atoms with Crippen LogP contribution in [0.5, 0.6) is 0 Å². The van der Waals surface area contributed by atoms with E-state index in [1.165, 1.54) is 109 Å². The molecule has 8 unspecified atom stereocenters. The summed E-state index contributed by atoms with van der Waals surface area (Å²) in [4.78, 5) is 23.4. The van der Waals surface area contributed by atoms with Gasteiger partial charge in [-0.2, -0.15) is 0 Å². The van der Waals surface area contributed by atoms with Gasteiger partial charge in [0.1, 0.15) is 36.6 Å². The Bertz CT molecular complexity index is 1130. The van der Waals surface area contributed by atoms with E-state index in [2.05, 4.69) is 31.3 Å². The van der Waals surface area contributed by atoms with Gasteiger partial charge in [-0.25, -0.2) is 4.57 Å². The minimum Gasteiger partial charge on any atom is -0.393 e. The molecule has 1 aliphatic carbocycles. The average molecular weight is 878 g/mol. The predicted octanol–water partition coefficient (Wildman–Crippen LogP) is 7.98. The highest BCUT2D eigenvalue weighted by atomic mass is 31.2. The molecule has 0 aromatic heterocycles. The Kier molecular flexibility index (Phi) is 34.2. The van der Waals surface area contributed by atoms with Crippen LogP contribution < -0.4 is 5.32 Å². The zero-order valence-electron chi connectivity index (χ0n) is 37.4. The van der Waals surface area contributed by atoms with E-state index in [0.29, 0.717) is 12.8 Å². The third kappa shape index (κ3) is 27.8. The molecule has 9 N–H and O–H groups in total. The maximum atomic E-state index is 13.0. The summed E-state index contributed by atoms with van der Waals surface area (Å²) in [7, 11) is -5.13. The number of carbonyl (C=O) groups excluding carboxylic acids is 1. The third-order valence-electron chi connectivity index (χ3n) is 11.5. The largest absolute Gasteiger partial charge is 0.472 e. The summed E-state index contributed by atoms with van der Waals surface area (Å²) in [5.74, 6) is -0.599. The molecule has 0 saturated heterocycles. The number of aliphatic hydroxyl groups excluding tert-OH is 7. The Balaban J connectivity index is 2.42. The summed E-state index contributed by atoms with van der Waals surface area (Å²) in [6.07, 6.45) is 25.8. The Hall–Kier alpha value is -1.22. The van der Waals surface area contributed by atoms with Crippen molar-refractivity contribution >= 4 is 13.7 Å². The summed E-state index contributed by atoms with van der Waals surface area (Å²) < 4.78 is 22.8. The average Bonchev–Trinajstić information content (AvgIpc) is 3.22. The number of unbranched alkanes of at least 4 members (excludes halogenated alkanes) is 24. The van der Waals surface area contributed by atoms with Crippen LogP contribution in [0.1, 0.15) is 200 Å². The van der Waals surface area contributed by atoms with Crippen LogP contribution in [-0.2, 0) is 18.4 Å². The van der Waals surface area contributed by atoms with E-state index in [4.69, 9.17) is 9.05 Å². The molecule has 13 nitrogen and oxygen atoms in total. The topological polar surface area (TPSA) is 226 Å². The second-order valence-electron chi connectivity index (χ2n) is 17.1. The molecular formula is C46H88NO12P. The molecular weight excluding hydrogens is 789 g/mol. The summed E-state index contributed by atoms with van der Waals surface area (Å²) >= 11 is 0. The minimum atomic E-state index is -5.13. The fourth-order valence-corrected chi connectivity index (χ4v) is 8.55. The molecule has 1 saturated carbocycles. The number of phosphoric ester groups is 1. The molecule has 0 bridgehead atoms. The molecule has 1 rings (SSSR count). The molecule has 0 heterocycles. The molecule has 8 atom stereocenters. The number of hydrogen-bond acceptors (Lipinski definition) is 11. The highest BCUT2D eigenvalue weighted by Gasteiger charge is 2.51. The van der Waals surface area contributed by atoms with Crippen LogP contribution >= 0.6 is 7.82 Å². The molecule has 0 aliphatic heterocycles. The number of phosphoric acid groups is 1. The van der Waals surface area contributed by atoms with E-state index in [9.17, 15) is 50.0 Å². The number of rotatable bonds is 39. The van der Waals surface area contributed by atoms with Gasteiger partial charge in [-0.05, 0) is 44.9 Å². The van der Waals surface area contributed by atoms with Gasteiger partial charge in [0.25, 0.3) is 0 Å². The Morgan fingerprint density at radius 1 is 0.583 bits per heavy atom. The molecule has 354 valence electrons. The lowest BCUT2D eigenvalue weighted by Crippen LogP contribution is -2.64. The van der Waals surface area contributed by atoms with Crippen LogP contribution in [0.2, 0.25) is 0 Å².